The predicted molar refractivity (Wildman–Crippen MR) is 70.7 cm³/mol. The van der Waals surface area contributed by atoms with Crippen molar-refractivity contribution in [2.24, 2.45) is 11.0 Å². The zero-order chi connectivity index (χ0) is 14.8. The van der Waals surface area contributed by atoms with E-state index in [1.165, 1.54) is 23.1 Å². The predicted octanol–water partition coefficient (Wildman–Crippen LogP) is 1.60. The van der Waals surface area contributed by atoms with E-state index in [2.05, 4.69) is 10.0 Å². The third-order valence-electron chi connectivity index (χ3n) is 3.04. The van der Waals surface area contributed by atoms with Crippen molar-refractivity contribution in [1.29, 1.82) is 0 Å². The minimum Gasteiger partial charge on any atom is -0.311 e. The van der Waals surface area contributed by atoms with Crippen LogP contribution in [0, 0.1) is 5.92 Å². The summed E-state index contributed by atoms with van der Waals surface area (Å²) in [5, 5.41) is 3.42. The van der Waals surface area contributed by atoms with E-state index >= 15 is 0 Å². The maximum atomic E-state index is 11.9. The second-order valence-corrected chi connectivity index (χ2v) is 5.82. The van der Waals surface area contributed by atoms with Crippen LogP contribution in [0.2, 0.25) is 0 Å². The van der Waals surface area contributed by atoms with Gasteiger partial charge in [0.05, 0.1) is 5.69 Å². The fourth-order valence-corrected chi connectivity index (χ4v) is 2.88. The molecule has 20 heavy (non-hydrogen) atoms. The molecule has 1 aromatic carbocycles. The molecule has 8 nitrogen and oxygen atoms in total. The van der Waals surface area contributed by atoms with Gasteiger partial charge in [-0.2, -0.15) is 8.42 Å². The molecule has 1 N–H and O–H groups in total. The second-order valence-electron chi connectivity index (χ2n) is 4.43. The lowest BCUT2D eigenvalue weighted by Crippen LogP contribution is -2.26. The summed E-state index contributed by atoms with van der Waals surface area (Å²) in [5.74, 6) is -0.424. The molecule has 1 aliphatic rings. The zero-order valence-electron chi connectivity index (χ0n) is 10.4. The fraction of sp³-hybridized carbons (Fsp3) is 0.364. The van der Waals surface area contributed by atoms with Crippen molar-refractivity contribution in [1.82, 2.24) is 0 Å². The van der Waals surface area contributed by atoms with E-state index in [0.29, 0.717) is 0 Å². The van der Waals surface area contributed by atoms with Crippen LogP contribution in [0.3, 0.4) is 0 Å². The first-order valence-corrected chi connectivity index (χ1v) is 7.25. The summed E-state index contributed by atoms with van der Waals surface area (Å²) in [7, 11) is -4.40. The van der Waals surface area contributed by atoms with E-state index in [0.717, 1.165) is 0 Å². The number of para-hydroxylation sites is 1. The van der Waals surface area contributed by atoms with Crippen LogP contribution in [0.4, 0.5) is 5.69 Å². The van der Waals surface area contributed by atoms with Crippen molar-refractivity contribution in [3.63, 3.8) is 0 Å². The average Bonchev–Trinajstić information content (AvgIpc) is 2.76. The van der Waals surface area contributed by atoms with Crippen molar-refractivity contribution in [3.05, 3.63) is 34.7 Å². The summed E-state index contributed by atoms with van der Waals surface area (Å²) in [4.78, 5) is 15.6. The van der Waals surface area contributed by atoms with E-state index in [1.807, 2.05) is 0 Å². The van der Waals surface area contributed by atoms with Gasteiger partial charge in [-0.05, 0) is 23.6 Å². The molecule has 0 spiro atoms. The Morgan fingerprint density at radius 2 is 2.15 bits per heavy atom. The smallest absolute Gasteiger partial charge is 0.296 e. The molecule has 2 rings (SSSR count). The molecule has 0 radical (unpaired) electrons. The van der Waals surface area contributed by atoms with Gasteiger partial charge in [-0.1, -0.05) is 17.2 Å². The number of anilines is 1. The third kappa shape index (κ3) is 2.90. The van der Waals surface area contributed by atoms with E-state index in [-0.39, 0.29) is 41.9 Å². The Morgan fingerprint density at radius 1 is 1.45 bits per heavy atom. The SMILES string of the molecule is [N-]=[N+]=NCC1CC(=O)N(c2ccccc2S(=O)(=O)O)C1. The normalized spacial score (nSPS) is 18.9. The molecule has 0 aliphatic carbocycles. The Balaban J connectivity index is 2.33. The molecular weight excluding hydrogens is 284 g/mol. The number of rotatable bonds is 4. The molecule has 1 unspecified atom stereocenters. The van der Waals surface area contributed by atoms with Crippen molar-refractivity contribution in [2.45, 2.75) is 11.3 Å². The lowest BCUT2D eigenvalue weighted by molar-refractivity contribution is -0.117. The van der Waals surface area contributed by atoms with Gasteiger partial charge < -0.3 is 4.90 Å². The number of amides is 1. The molecule has 1 saturated heterocycles. The first-order chi connectivity index (χ1) is 9.43. The van der Waals surface area contributed by atoms with Crippen LogP contribution in [-0.2, 0) is 14.9 Å². The Kier molecular flexibility index (Phi) is 3.93. The van der Waals surface area contributed by atoms with Crippen molar-refractivity contribution < 1.29 is 17.8 Å². The van der Waals surface area contributed by atoms with E-state index in [4.69, 9.17) is 5.53 Å². The third-order valence-corrected chi connectivity index (χ3v) is 3.94. The van der Waals surface area contributed by atoms with Gasteiger partial charge >= 0.3 is 0 Å². The van der Waals surface area contributed by atoms with Crippen LogP contribution in [0.15, 0.2) is 34.3 Å². The molecule has 0 saturated carbocycles. The molecule has 9 heteroatoms. The Bertz CT molecular complexity index is 681. The highest BCUT2D eigenvalue weighted by Crippen LogP contribution is 2.30. The minimum atomic E-state index is -4.40. The van der Waals surface area contributed by atoms with Crippen molar-refractivity contribution in [2.75, 3.05) is 18.0 Å². The highest BCUT2D eigenvalue weighted by atomic mass is 32.2. The Labute approximate surface area is 115 Å². The van der Waals surface area contributed by atoms with E-state index < -0.39 is 10.1 Å². The van der Waals surface area contributed by atoms with Crippen molar-refractivity contribution >= 4 is 21.7 Å². The van der Waals surface area contributed by atoms with Gasteiger partial charge in [0, 0.05) is 24.4 Å². The molecule has 106 valence electrons. The summed E-state index contributed by atoms with van der Waals surface area (Å²) in [6.07, 6.45) is 0.179. The highest BCUT2D eigenvalue weighted by Gasteiger charge is 2.32. The van der Waals surface area contributed by atoms with Crippen LogP contribution in [0.25, 0.3) is 10.4 Å². The van der Waals surface area contributed by atoms with Gasteiger partial charge in [0.25, 0.3) is 10.1 Å². The molecule has 1 amide bonds. The standard InChI is InChI=1S/C11H12N4O4S/c12-14-13-6-8-5-11(16)15(7-8)9-3-1-2-4-10(9)20(17,18)19/h1-4,8H,5-7H2,(H,17,18,19). The zero-order valence-corrected chi connectivity index (χ0v) is 11.2. The molecule has 1 fully saturated rings. The summed E-state index contributed by atoms with van der Waals surface area (Å²) in [6.45, 7) is 0.428. The van der Waals surface area contributed by atoms with Crippen LogP contribution in [0.5, 0.6) is 0 Å². The average molecular weight is 296 g/mol. The highest BCUT2D eigenvalue weighted by molar-refractivity contribution is 7.86. The van der Waals surface area contributed by atoms with E-state index in [1.54, 1.807) is 6.07 Å². The number of azide groups is 1. The van der Waals surface area contributed by atoms with Gasteiger partial charge in [-0.25, -0.2) is 0 Å². The fourth-order valence-electron chi connectivity index (χ4n) is 2.19. The number of benzene rings is 1. The summed E-state index contributed by atoms with van der Waals surface area (Å²) in [5.41, 5.74) is 8.42. The van der Waals surface area contributed by atoms with Gasteiger partial charge in [-0.3, -0.25) is 9.35 Å². The summed E-state index contributed by atoms with van der Waals surface area (Å²) in [6, 6.07) is 5.73. The molecule has 0 aromatic heterocycles. The van der Waals surface area contributed by atoms with Gasteiger partial charge in [0.2, 0.25) is 5.91 Å². The first kappa shape index (κ1) is 14.3. The molecule has 0 bridgehead atoms. The number of nitrogens with zero attached hydrogens (tertiary/aromatic N) is 4. The molecular formula is C11H12N4O4S. The second kappa shape index (κ2) is 5.49. The monoisotopic (exact) mass is 296 g/mol. The topological polar surface area (TPSA) is 123 Å². The van der Waals surface area contributed by atoms with Gasteiger partial charge in [0.1, 0.15) is 4.90 Å². The minimum absolute atomic E-state index is 0.142. The Morgan fingerprint density at radius 3 is 2.80 bits per heavy atom. The Hall–Kier alpha value is -2.09. The van der Waals surface area contributed by atoms with Gasteiger partial charge in [-0.15, -0.1) is 0 Å². The van der Waals surface area contributed by atoms with Crippen molar-refractivity contribution in [3.8, 4) is 0 Å². The maximum absolute atomic E-state index is 11.9. The number of hydrogen-bond acceptors (Lipinski definition) is 4. The maximum Gasteiger partial charge on any atom is 0.296 e. The molecule has 1 aliphatic heterocycles. The largest absolute Gasteiger partial charge is 0.311 e. The number of carbonyl (C=O) groups is 1. The van der Waals surface area contributed by atoms with Crippen LogP contribution in [-0.4, -0.2) is 32.0 Å². The van der Waals surface area contributed by atoms with Crippen LogP contribution < -0.4 is 4.90 Å². The lowest BCUT2D eigenvalue weighted by Gasteiger charge is -2.18. The number of hydrogen-bond donors (Lipinski definition) is 1. The van der Waals surface area contributed by atoms with E-state index in [9.17, 15) is 17.8 Å². The first-order valence-electron chi connectivity index (χ1n) is 5.81. The summed E-state index contributed by atoms with van der Waals surface area (Å²) >= 11 is 0. The van der Waals surface area contributed by atoms with Crippen LogP contribution >= 0.6 is 0 Å². The quantitative estimate of drug-likeness (QED) is 0.392. The van der Waals surface area contributed by atoms with Crippen LogP contribution in [0.1, 0.15) is 6.42 Å². The molecule has 1 aromatic rings. The molecule has 1 atom stereocenters. The molecule has 1 heterocycles. The number of carbonyl (C=O) groups excluding carboxylic acids is 1. The van der Waals surface area contributed by atoms with Gasteiger partial charge in [0.15, 0.2) is 0 Å². The summed E-state index contributed by atoms with van der Waals surface area (Å²) < 4.78 is 31.8. The lowest BCUT2D eigenvalue weighted by atomic mass is 10.1.